The third-order valence-electron chi connectivity index (χ3n) is 5.53. The van der Waals surface area contributed by atoms with Crippen molar-refractivity contribution < 1.29 is 18.7 Å². The molecule has 1 heterocycles. The molecule has 1 atom stereocenters. The van der Waals surface area contributed by atoms with Crippen LogP contribution in [0.3, 0.4) is 0 Å². The van der Waals surface area contributed by atoms with Gasteiger partial charge in [-0.15, -0.1) is 0 Å². The van der Waals surface area contributed by atoms with Gasteiger partial charge in [-0.25, -0.2) is 9.38 Å². The van der Waals surface area contributed by atoms with E-state index in [9.17, 15) is 14.0 Å². The second-order valence-electron chi connectivity index (χ2n) is 8.19. The predicted octanol–water partition coefficient (Wildman–Crippen LogP) is 5.35. The molecule has 0 radical (unpaired) electrons. The van der Waals surface area contributed by atoms with E-state index in [0.717, 1.165) is 16.9 Å². The van der Waals surface area contributed by atoms with Crippen LogP contribution >= 0.6 is 11.8 Å². The van der Waals surface area contributed by atoms with Gasteiger partial charge in [-0.2, -0.15) is 0 Å². The lowest BCUT2D eigenvalue weighted by Gasteiger charge is -2.17. The molecule has 0 saturated carbocycles. The lowest BCUT2D eigenvalue weighted by atomic mass is 10.1. The van der Waals surface area contributed by atoms with Crippen LogP contribution in [0.1, 0.15) is 17.5 Å². The fourth-order valence-corrected chi connectivity index (χ4v) is 4.88. The zero-order valence-corrected chi connectivity index (χ0v) is 20.3. The van der Waals surface area contributed by atoms with Gasteiger partial charge in [0.2, 0.25) is 11.8 Å². The Hall–Kier alpha value is -3.65. The number of carbonyl (C=O) groups excluding carboxylic acids is 2. The molecule has 0 aliphatic carbocycles. The second kappa shape index (κ2) is 11.2. The average molecular weight is 492 g/mol. The van der Waals surface area contributed by atoms with E-state index >= 15 is 0 Å². The van der Waals surface area contributed by atoms with Crippen LogP contribution < -0.4 is 10.1 Å². The summed E-state index contributed by atoms with van der Waals surface area (Å²) < 4.78 is 18.5. The van der Waals surface area contributed by atoms with Gasteiger partial charge in [0.1, 0.15) is 16.8 Å². The van der Waals surface area contributed by atoms with Gasteiger partial charge in [0.05, 0.1) is 12.8 Å². The quantitative estimate of drug-likeness (QED) is 0.461. The van der Waals surface area contributed by atoms with E-state index in [1.54, 1.807) is 24.1 Å². The number of hydrogen-bond acceptors (Lipinski definition) is 5. The number of thioether (sulfide) groups is 1. The summed E-state index contributed by atoms with van der Waals surface area (Å²) in [5.41, 5.74) is 3.32. The smallest absolute Gasteiger partial charge is 0.242 e. The number of anilines is 1. The number of nitrogens with one attached hydrogen (secondary N) is 1. The molecule has 4 rings (SSSR count). The monoisotopic (exact) mass is 491 g/mol. The first-order valence-electron chi connectivity index (χ1n) is 11.2. The van der Waals surface area contributed by atoms with Gasteiger partial charge in [0, 0.05) is 18.7 Å². The van der Waals surface area contributed by atoms with Crippen LogP contribution in [0, 0.1) is 12.7 Å². The molecule has 35 heavy (non-hydrogen) atoms. The molecule has 1 aliphatic heterocycles. The number of rotatable bonds is 8. The molecule has 0 spiro atoms. The maximum atomic E-state index is 13.3. The van der Waals surface area contributed by atoms with Crippen molar-refractivity contribution in [3.05, 3.63) is 89.7 Å². The number of benzene rings is 3. The third-order valence-corrected chi connectivity index (χ3v) is 6.70. The summed E-state index contributed by atoms with van der Waals surface area (Å²) >= 11 is 1.26. The zero-order chi connectivity index (χ0) is 24.8. The maximum Gasteiger partial charge on any atom is 0.242 e. The summed E-state index contributed by atoms with van der Waals surface area (Å²) in [6.07, 6.45) is 0.639. The van der Waals surface area contributed by atoms with Crippen molar-refractivity contribution in [2.45, 2.75) is 25.0 Å². The second-order valence-corrected chi connectivity index (χ2v) is 9.36. The highest BCUT2D eigenvalue weighted by atomic mass is 32.2. The summed E-state index contributed by atoms with van der Waals surface area (Å²) in [4.78, 5) is 32.2. The number of hydrogen-bond donors (Lipinski definition) is 1. The van der Waals surface area contributed by atoms with Crippen molar-refractivity contribution >= 4 is 40.1 Å². The minimum Gasteiger partial charge on any atom is -0.497 e. The molecule has 1 fully saturated rings. The maximum absolute atomic E-state index is 13.3. The molecule has 0 bridgehead atoms. The first-order chi connectivity index (χ1) is 16.9. The molecule has 6 nitrogen and oxygen atoms in total. The van der Waals surface area contributed by atoms with Crippen LogP contribution in [0.15, 0.2) is 77.8 Å². The molecular weight excluding hydrogens is 465 g/mol. The van der Waals surface area contributed by atoms with E-state index in [2.05, 4.69) is 10.3 Å². The van der Waals surface area contributed by atoms with E-state index in [1.807, 2.05) is 55.5 Å². The van der Waals surface area contributed by atoms with Crippen LogP contribution in [-0.4, -0.2) is 40.8 Å². The first kappa shape index (κ1) is 24.5. The average Bonchev–Trinajstić information content (AvgIpc) is 3.13. The van der Waals surface area contributed by atoms with Crippen molar-refractivity contribution in [1.82, 2.24) is 4.90 Å². The van der Waals surface area contributed by atoms with Gasteiger partial charge in [-0.1, -0.05) is 36.0 Å². The minimum absolute atomic E-state index is 0.0267. The Bertz CT molecular complexity index is 1230. The Labute approximate surface area is 208 Å². The number of carbonyl (C=O) groups is 2. The Morgan fingerprint density at radius 3 is 2.54 bits per heavy atom. The fraction of sp³-hybridized carbons (Fsp3) is 0.222. The molecule has 180 valence electrons. The third kappa shape index (κ3) is 6.48. The highest BCUT2D eigenvalue weighted by molar-refractivity contribution is 8.15. The highest BCUT2D eigenvalue weighted by Gasteiger charge is 2.39. The van der Waals surface area contributed by atoms with E-state index in [1.165, 1.54) is 23.9 Å². The summed E-state index contributed by atoms with van der Waals surface area (Å²) in [5, 5.41) is 2.78. The van der Waals surface area contributed by atoms with E-state index in [-0.39, 0.29) is 24.1 Å². The van der Waals surface area contributed by atoms with Crippen molar-refractivity contribution in [2.75, 3.05) is 19.0 Å². The number of ether oxygens (including phenoxy) is 1. The number of aliphatic imine (C=N–C) groups is 1. The van der Waals surface area contributed by atoms with Crippen molar-refractivity contribution in [3.63, 3.8) is 0 Å². The molecule has 1 unspecified atom stereocenters. The topological polar surface area (TPSA) is 71.0 Å². The minimum atomic E-state index is -0.588. The van der Waals surface area contributed by atoms with Crippen LogP contribution in [0.4, 0.5) is 15.8 Å². The van der Waals surface area contributed by atoms with Gasteiger partial charge in [0.25, 0.3) is 0 Å². The number of amides is 2. The van der Waals surface area contributed by atoms with Crippen molar-refractivity contribution in [1.29, 1.82) is 0 Å². The molecule has 2 amide bonds. The van der Waals surface area contributed by atoms with Crippen LogP contribution in [-0.2, 0) is 16.0 Å². The van der Waals surface area contributed by atoms with Crippen molar-refractivity contribution in [3.8, 4) is 5.75 Å². The zero-order valence-electron chi connectivity index (χ0n) is 19.5. The lowest BCUT2D eigenvalue weighted by Crippen LogP contribution is -2.35. The number of halogens is 1. The van der Waals surface area contributed by atoms with E-state index in [0.29, 0.717) is 29.5 Å². The molecule has 3 aromatic rings. The normalized spacial score (nSPS) is 16.5. The molecule has 1 saturated heterocycles. The molecule has 8 heteroatoms. The van der Waals surface area contributed by atoms with Crippen LogP contribution in [0.2, 0.25) is 0 Å². The van der Waals surface area contributed by atoms with Crippen LogP contribution in [0.25, 0.3) is 0 Å². The summed E-state index contributed by atoms with van der Waals surface area (Å²) in [7, 11) is 1.61. The number of nitrogens with zero attached hydrogens (tertiary/aromatic N) is 2. The SMILES string of the molecule is COc1ccc(CCN2C(=O)C(CC(=O)Nc3cccc(C)c3)SC2=Nc2ccc(F)cc2)cc1. The van der Waals surface area contributed by atoms with E-state index < -0.39 is 5.25 Å². The largest absolute Gasteiger partial charge is 0.497 e. The predicted molar refractivity (Wildman–Crippen MR) is 138 cm³/mol. The Balaban J connectivity index is 1.49. The standard InChI is InChI=1S/C27H26FN3O3S/c1-18-4-3-5-22(16-18)29-25(32)17-24-26(33)31(15-14-19-6-12-23(34-2)13-7-19)27(35-24)30-21-10-8-20(28)9-11-21/h3-13,16,24H,14-15,17H2,1-2H3,(H,29,32). The van der Waals surface area contributed by atoms with Gasteiger partial charge in [0.15, 0.2) is 5.17 Å². The fourth-order valence-electron chi connectivity index (χ4n) is 3.69. The number of methoxy groups -OCH3 is 1. The molecule has 0 aromatic heterocycles. The summed E-state index contributed by atoms with van der Waals surface area (Å²) in [6.45, 7) is 2.36. The summed E-state index contributed by atoms with van der Waals surface area (Å²) in [6, 6.07) is 21.0. The van der Waals surface area contributed by atoms with E-state index in [4.69, 9.17) is 4.74 Å². The number of amidine groups is 1. The van der Waals surface area contributed by atoms with Crippen molar-refractivity contribution in [2.24, 2.45) is 4.99 Å². The molecular formula is C27H26FN3O3S. The molecule has 3 aromatic carbocycles. The molecule has 1 aliphatic rings. The lowest BCUT2D eigenvalue weighted by molar-refractivity contribution is -0.128. The van der Waals surface area contributed by atoms with Gasteiger partial charge in [-0.05, 0) is 73.0 Å². The Morgan fingerprint density at radius 1 is 1.11 bits per heavy atom. The van der Waals surface area contributed by atoms with Gasteiger partial charge >= 0.3 is 0 Å². The highest BCUT2D eigenvalue weighted by Crippen LogP contribution is 2.32. The molecule has 1 N–H and O–H groups in total. The number of aryl methyl sites for hydroxylation is 1. The van der Waals surface area contributed by atoms with Gasteiger partial charge < -0.3 is 10.1 Å². The Morgan fingerprint density at radius 2 is 1.86 bits per heavy atom. The first-order valence-corrected chi connectivity index (χ1v) is 12.1. The van der Waals surface area contributed by atoms with Crippen LogP contribution in [0.5, 0.6) is 5.75 Å². The van der Waals surface area contributed by atoms with Gasteiger partial charge in [-0.3, -0.25) is 14.5 Å². The summed E-state index contributed by atoms with van der Waals surface area (Å²) in [5.74, 6) is 0.00862. The Kier molecular flexibility index (Phi) is 7.82.